The third-order valence-electron chi connectivity index (χ3n) is 5.87. The summed E-state index contributed by atoms with van der Waals surface area (Å²) in [6.07, 6.45) is 9.06. The van der Waals surface area contributed by atoms with Crippen LogP contribution in [0.2, 0.25) is 0 Å². The Hall–Kier alpha value is -2.07. The molecule has 4 nitrogen and oxygen atoms in total. The van der Waals surface area contributed by atoms with Crippen LogP contribution in [0.1, 0.15) is 55.3 Å². The van der Waals surface area contributed by atoms with Gasteiger partial charge in [-0.2, -0.15) is 0 Å². The molecule has 0 N–H and O–H groups in total. The lowest BCUT2D eigenvalue weighted by Gasteiger charge is -2.24. The Bertz CT molecular complexity index is 747. The largest absolute Gasteiger partial charge is 0.383 e. The monoisotopic (exact) mass is 382 g/mol. The van der Waals surface area contributed by atoms with Crippen molar-refractivity contribution in [2.24, 2.45) is 5.92 Å². The van der Waals surface area contributed by atoms with Crippen molar-refractivity contribution in [3.8, 4) is 0 Å². The molecule has 0 saturated heterocycles. The lowest BCUT2D eigenvalue weighted by molar-refractivity contribution is -0.132. The second kappa shape index (κ2) is 10.5. The SMILES string of the molecule is COCCN(Cc1cccn1Cc1cccc(C)c1)C(=O)CCC1CCCC1. The van der Waals surface area contributed by atoms with Gasteiger partial charge < -0.3 is 14.2 Å². The number of hydrogen-bond donors (Lipinski definition) is 0. The number of methoxy groups -OCH3 is 1. The highest BCUT2D eigenvalue weighted by Crippen LogP contribution is 2.28. The summed E-state index contributed by atoms with van der Waals surface area (Å²) in [5.74, 6) is 1.01. The second-order valence-electron chi connectivity index (χ2n) is 8.11. The van der Waals surface area contributed by atoms with Crippen molar-refractivity contribution in [3.63, 3.8) is 0 Å². The van der Waals surface area contributed by atoms with E-state index < -0.39 is 0 Å². The maximum Gasteiger partial charge on any atom is 0.223 e. The van der Waals surface area contributed by atoms with E-state index in [4.69, 9.17) is 4.74 Å². The third-order valence-corrected chi connectivity index (χ3v) is 5.87. The van der Waals surface area contributed by atoms with Crippen molar-refractivity contribution < 1.29 is 9.53 Å². The van der Waals surface area contributed by atoms with Crippen LogP contribution in [-0.4, -0.2) is 35.6 Å². The van der Waals surface area contributed by atoms with Crippen LogP contribution in [0.15, 0.2) is 42.6 Å². The summed E-state index contributed by atoms with van der Waals surface area (Å²) >= 11 is 0. The van der Waals surface area contributed by atoms with Gasteiger partial charge in [-0.05, 0) is 37.0 Å². The summed E-state index contributed by atoms with van der Waals surface area (Å²) in [6.45, 7) is 4.82. The lowest BCUT2D eigenvalue weighted by Crippen LogP contribution is -2.34. The lowest BCUT2D eigenvalue weighted by atomic mass is 10.0. The number of benzene rings is 1. The highest BCUT2D eigenvalue weighted by atomic mass is 16.5. The van der Waals surface area contributed by atoms with E-state index in [1.807, 2.05) is 4.90 Å². The predicted octanol–water partition coefficient (Wildman–Crippen LogP) is 4.79. The number of carbonyl (C=O) groups excluding carboxylic acids is 1. The molecule has 1 fully saturated rings. The molecule has 0 radical (unpaired) electrons. The minimum Gasteiger partial charge on any atom is -0.383 e. The van der Waals surface area contributed by atoms with Crippen molar-refractivity contribution in [1.82, 2.24) is 9.47 Å². The van der Waals surface area contributed by atoms with Crippen LogP contribution in [-0.2, 0) is 22.6 Å². The standard InChI is InChI=1S/C24H34N2O2/c1-20-7-5-10-22(17-20)18-25-14-6-11-23(25)19-26(15-16-28-2)24(27)13-12-21-8-3-4-9-21/h5-7,10-11,14,17,21H,3-4,8-9,12-13,15-16,18-19H2,1-2H3. The van der Waals surface area contributed by atoms with Crippen LogP contribution in [0, 0.1) is 12.8 Å². The zero-order valence-corrected chi connectivity index (χ0v) is 17.4. The first-order chi connectivity index (χ1) is 13.7. The van der Waals surface area contributed by atoms with Gasteiger partial charge in [-0.3, -0.25) is 4.79 Å². The molecule has 2 aromatic rings. The van der Waals surface area contributed by atoms with E-state index in [9.17, 15) is 4.79 Å². The van der Waals surface area contributed by atoms with Gasteiger partial charge in [0.2, 0.25) is 5.91 Å². The van der Waals surface area contributed by atoms with Crippen molar-refractivity contribution in [2.45, 2.75) is 58.5 Å². The van der Waals surface area contributed by atoms with E-state index >= 15 is 0 Å². The Kier molecular flexibility index (Phi) is 7.72. The Balaban J connectivity index is 1.63. The first-order valence-electron chi connectivity index (χ1n) is 10.6. The number of nitrogens with zero attached hydrogens (tertiary/aromatic N) is 2. The number of carbonyl (C=O) groups is 1. The Morgan fingerprint density at radius 3 is 2.79 bits per heavy atom. The van der Waals surface area contributed by atoms with Gasteiger partial charge in [0.1, 0.15) is 0 Å². The molecule has 28 heavy (non-hydrogen) atoms. The fraction of sp³-hybridized carbons (Fsp3) is 0.542. The third kappa shape index (κ3) is 5.96. The highest BCUT2D eigenvalue weighted by molar-refractivity contribution is 5.76. The molecule has 152 valence electrons. The first-order valence-corrected chi connectivity index (χ1v) is 10.6. The molecule has 1 saturated carbocycles. The van der Waals surface area contributed by atoms with Crippen molar-refractivity contribution >= 4 is 5.91 Å². The molecule has 3 rings (SSSR count). The predicted molar refractivity (Wildman–Crippen MR) is 113 cm³/mol. The van der Waals surface area contributed by atoms with Gasteiger partial charge in [0.05, 0.1) is 13.2 Å². The summed E-state index contributed by atoms with van der Waals surface area (Å²) in [5, 5.41) is 0. The fourth-order valence-electron chi connectivity index (χ4n) is 4.23. The van der Waals surface area contributed by atoms with Crippen LogP contribution in [0.5, 0.6) is 0 Å². The van der Waals surface area contributed by atoms with Gasteiger partial charge in [0.15, 0.2) is 0 Å². The molecule has 1 amide bonds. The van der Waals surface area contributed by atoms with E-state index in [-0.39, 0.29) is 5.91 Å². The number of ether oxygens (including phenoxy) is 1. The Morgan fingerprint density at radius 2 is 2.04 bits per heavy atom. The quantitative estimate of drug-likeness (QED) is 0.592. The first kappa shape index (κ1) is 20.7. The van der Waals surface area contributed by atoms with Crippen molar-refractivity contribution in [3.05, 3.63) is 59.4 Å². The molecule has 1 aromatic carbocycles. The number of hydrogen-bond acceptors (Lipinski definition) is 2. The maximum absolute atomic E-state index is 12.9. The average Bonchev–Trinajstić information content (AvgIpc) is 3.35. The summed E-state index contributed by atoms with van der Waals surface area (Å²) in [6, 6.07) is 12.8. The molecular formula is C24H34N2O2. The van der Waals surface area contributed by atoms with Crippen LogP contribution >= 0.6 is 0 Å². The average molecular weight is 383 g/mol. The minimum absolute atomic E-state index is 0.257. The molecule has 0 unspecified atom stereocenters. The topological polar surface area (TPSA) is 34.5 Å². The van der Waals surface area contributed by atoms with Gasteiger partial charge in [-0.25, -0.2) is 0 Å². The zero-order chi connectivity index (χ0) is 19.8. The molecule has 1 heterocycles. The molecule has 1 aromatic heterocycles. The number of rotatable bonds is 10. The normalized spacial score (nSPS) is 14.5. The van der Waals surface area contributed by atoms with Crippen LogP contribution in [0.25, 0.3) is 0 Å². The molecule has 1 aliphatic carbocycles. The molecule has 0 bridgehead atoms. The molecule has 4 heteroatoms. The zero-order valence-electron chi connectivity index (χ0n) is 17.4. The van der Waals surface area contributed by atoms with Gasteiger partial charge >= 0.3 is 0 Å². The van der Waals surface area contributed by atoms with Gasteiger partial charge in [0, 0.05) is 38.5 Å². The molecule has 1 aliphatic rings. The van der Waals surface area contributed by atoms with Crippen LogP contribution in [0.3, 0.4) is 0 Å². The molecule has 0 atom stereocenters. The van der Waals surface area contributed by atoms with Crippen LogP contribution in [0.4, 0.5) is 0 Å². The molecule has 0 aliphatic heterocycles. The van der Waals surface area contributed by atoms with Gasteiger partial charge in [-0.1, -0.05) is 55.5 Å². The molecule has 0 spiro atoms. The highest BCUT2D eigenvalue weighted by Gasteiger charge is 2.20. The number of aryl methyl sites for hydroxylation is 1. The van der Waals surface area contributed by atoms with Crippen molar-refractivity contribution in [2.75, 3.05) is 20.3 Å². The van der Waals surface area contributed by atoms with Gasteiger partial charge in [0.25, 0.3) is 0 Å². The smallest absolute Gasteiger partial charge is 0.223 e. The summed E-state index contributed by atoms with van der Waals surface area (Å²) in [5.41, 5.74) is 3.73. The Morgan fingerprint density at radius 1 is 1.21 bits per heavy atom. The van der Waals surface area contributed by atoms with Gasteiger partial charge in [-0.15, -0.1) is 0 Å². The molecular weight excluding hydrogens is 348 g/mol. The Labute approximate surface area is 169 Å². The summed E-state index contributed by atoms with van der Waals surface area (Å²) in [7, 11) is 1.70. The van der Waals surface area contributed by atoms with Crippen LogP contribution < -0.4 is 0 Å². The van der Waals surface area contributed by atoms with E-state index in [1.165, 1.54) is 42.5 Å². The fourth-order valence-corrected chi connectivity index (χ4v) is 4.23. The van der Waals surface area contributed by atoms with Crippen molar-refractivity contribution in [1.29, 1.82) is 0 Å². The van der Waals surface area contributed by atoms with E-state index in [1.54, 1.807) is 7.11 Å². The van der Waals surface area contributed by atoms with E-state index in [2.05, 4.69) is 54.1 Å². The van der Waals surface area contributed by atoms with E-state index in [0.29, 0.717) is 26.1 Å². The number of aromatic nitrogens is 1. The maximum atomic E-state index is 12.9. The van der Waals surface area contributed by atoms with E-state index in [0.717, 1.165) is 18.9 Å². The summed E-state index contributed by atoms with van der Waals surface area (Å²) < 4.78 is 7.51. The second-order valence-corrected chi connectivity index (χ2v) is 8.11. The minimum atomic E-state index is 0.257. The summed E-state index contributed by atoms with van der Waals surface area (Å²) in [4.78, 5) is 14.9. The number of amides is 1.